The molecule has 1 saturated heterocycles. The number of ether oxygens (including phenoxy) is 1. The van der Waals surface area contributed by atoms with Crippen LogP contribution in [0.3, 0.4) is 0 Å². The number of rotatable bonds is 5. The van der Waals surface area contributed by atoms with Crippen LogP contribution in [0.15, 0.2) is 12.1 Å². The zero-order valence-corrected chi connectivity index (χ0v) is 13.0. The van der Waals surface area contributed by atoms with E-state index in [4.69, 9.17) is 4.74 Å². The van der Waals surface area contributed by atoms with Crippen molar-refractivity contribution in [3.63, 3.8) is 0 Å². The van der Waals surface area contributed by atoms with Gasteiger partial charge in [0.1, 0.15) is 17.4 Å². The van der Waals surface area contributed by atoms with Crippen molar-refractivity contribution in [1.29, 1.82) is 0 Å². The van der Waals surface area contributed by atoms with Crippen molar-refractivity contribution in [3.05, 3.63) is 29.3 Å². The Morgan fingerprint density at radius 3 is 2.24 bits per heavy atom. The van der Waals surface area contributed by atoms with Crippen LogP contribution in [0.25, 0.3) is 0 Å². The van der Waals surface area contributed by atoms with Gasteiger partial charge in [0, 0.05) is 49.9 Å². The molecule has 0 amide bonds. The molecule has 0 bridgehead atoms. The van der Waals surface area contributed by atoms with Crippen LogP contribution < -0.4 is 10.1 Å². The van der Waals surface area contributed by atoms with E-state index in [-0.39, 0.29) is 17.4 Å². The van der Waals surface area contributed by atoms with Crippen LogP contribution in [-0.2, 0) is 0 Å². The molecule has 1 atom stereocenters. The number of piperazine rings is 1. The fourth-order valence-electron chi connectivity index (χ4n) is 2.89. The van der Waals surface area contributed by atoms with Crippen LogP contribution in [0.2, 0.25) is 0 Å². The molecule has 0 aromatic heterocycles. The van der Waals surface area contributed by atoms with Crippen LogP contribution >= 0.6 is 0 Å². The van der Waals surface area contributed by atoms with E-state index in [1.54, 1.807) is 0 Å². The molecule has 0 unspecified atom stereocenters. The maximum absolute atomic E-state index is 14.4. The highest BCUT2D eigenvalue weighted by Gasteiger charge is 2.28. The topological polar surface area (TPSA) is 24.5 Å². The second-order valence-corrected chi connectivity index (χ2v) is 5.94. The summed E-state index contributed by atoms with van der Waals surface area (Å²) in [6.45, 7) is 7.48. The Morgan fingerprint density at radius 2 is 1.76 bits per heavy atom. The van der Waals surface area contributed by atoms with Gasteiger partial charge in [-0.2, -0.15) is 0 Å². The summed E-state index contributed by atoms with van der Waals surface area (Å²) in [5.74, 6) is -0.449. The highest BCUT2D eigenvalue weighted by atomic mass is 19.1. The number of halogens is 2. The van der Waals surface area contributed by atoms with Crippen molar-refractivity contribution < 1.29 is 13.5 Å². The van der Waals surface area contributed by atoms with Crippen molar-refractivity contribution in [2.75, 3.05) is 33.3 Å². The third-order valence-electron chi connectivity index (χ3n) is 3.91. The van der Waals surface area contributed by atoms with Crippen molar-refractivity contribution in [2.45, 2.75) is 26.3 Å². The molecule has 3 nitrogen and oxygen atoms in total. The fourth-order valence-corrected chi connectivity index (χ4v) is 2.89. The van der Waals surface area contributed by atoms with Gasteiger partial charge in [-0.1, -0.05) is 13.8 Å². The molecule has 0 aliphatic carbocycles. The highest BCUT2D eigenvalue weighted by Crippen LogP contribution is 2.33. The summed E-state index contributed by atoms with van der Waals surface area (Å²) in [7, 11) is 1.41. The summed E-state index contributed by atoms with van der Waals surface area (Å²) >= 11 is 0. The van der Waals surface area contributed by atoms with Crippen molar-refractivity contribution in [1.82, 2.24) is 10.2 Å². The van der Waals surface area contributed by atoms with E-state index in [1.165, 1.54) is 19.2 Å². The van der Waals surface area contributed by atoms with E-state index in [9.17, 15) is 8.78 Å². The third-order valence-corrected chi connectivity index (χ3v) is 3.91. The van der Waals surface area contributed by atoms with Gasteiger partial charge >= 0.3 is 0 Å². The molecule has 1 aliphatic rings. The lowest BCUT2D eigenvalue weighted by molar-refractivity contribution is 0.147. The van der Waals surface area contributed by atoms with Crippen molar-refractivity contribution in [3.8, 4) is 5.75 Å². The summed E-state index contributed by atoms with van der Waals surface area (Å²) in [6.07, 6.45) is 0.736. The smallest absolute Gasteiger partial charge is 0.134 e. The van der Waals surface area contributed by atoms with Gasteiger partial charge in [0.15, 0.2) is 0 Å². The molecular weight excluding hydrogens is 274 g/mol. The Labute approximate surface area is 125 Å². The van der Waals surface area contributed by atoms with Crippen LogP contribution in [0.4, 0.5) is 8.78 Å². The van der Waals surface area contributed by atoms with Crippen molar-refractivity contribution >= 4 is 0 Å². The molecular formula is C16H24F2N2O. The Balaban J connectivity index is 2.35. The Hall–Kier alpha value is -1.20. The monoisotopic (exact) mass is 298 g/mol. The molecule has 5 heteroatoms. The molecule has 1 aromatic carbocycles. The van der Waals surface area contributed by atoms with E-state index in [1.807, 2.05) is 0 Å². The normalized spacial score (nSPS) is 18.0. The molecule has 2 rings (SSSR count). The fraction of sp³-hybridized carbons (Fsp3) is 0.625. The van der Waals surface area contributed by atoms with Gasteiger partial charge in [-0.05, 0) is 12.3 Å². The predicted octanol–water partition coefficient (Wildman–Crippen LogP) is 2.97. The lowest BCUT2D eigenvalue weighted by Crippen LogP contribution is -2.45. The van der Waals surface area contributed by atoms with Crippen LogP contribution in [-0.4, -0.2) is 38.2 Å². The zero-order valence-electron chi connectivity index (χ0n) is 13.0. The third kappa shape index (κ3) is 3.92. The lowest BCUT2D eigenvalue weighted by atomic mass is 9.94. The summed E-state index contributed by atoms with van der Waals surface area (Å²) in [5, 5.41) is 3.27. The Morgan fingerprint density at radius 1 is 1.19 bits per heavy atom. The first-order valence-electron chi connectivity index (χ1n) is 7.50. The van der Waals surface area contributed by atoms with Crippen LogP contribution in [0, 0.1) is 17.6 Å². The number of nitrogens with one attached hydrogen (secondary N) is 1. The minimum atomic E-state index is -0.518. The summed E-state index contributed by atoms with van der Waals surface area (Å²) in [4.78, 5) is 2.17. The number of hydrogen-bond acceptors (Lipinski definition) is 3. The molecule has 1 heterocycles. The summed E-state index contributed by atoms with van der Waals surface area (Å²) in [6, 6.07) is 2.32. The van der Waals surface area contributed by atoms with E-state index in [2.05, 4.69) is 24.1 Å². The Kier molecular flexibility index (Phi) is 5.53. The average Bonchev–Trinajstić information content (AvgIpc) is 2.45. The first kappa shape index (κ1) is 16.2. The predicted molar refractivity (Wildman–Crippen MR) is 79.5 cm³/mol. The molecule has 1 fully saturated rings. The van der Waals surface area contributed by atoms with Crippen LogP contribution in [0.5, 0.6) is 5.75 Å². The molecule has 0 radical (unpaired) electrons. The Bertz CT molecular complexity index is 450. The molecule has 0 saturated carbocycles. The number of hydrogen-bond donors (Lipinski definition) is 1. The van der Waals surface area contributed by atoms with Gasteiger partial charge < -0.3 is 10.1 Å². The van der Waals surface area contributed by atoms with E-state index >= 15 is 0 Å². The second kappa shape index (κ2) is 7.18. The zero-order chi connectivity index (χ0) is 15.4. The second-order valence-electron chi connectivity index (χ2n) is 5.94. The summed E-state index contributed by atoms with van der Waals surface area (Å²) < 4.78 is 33.7. The maximum atomic E-state index is 14.4. The quantitative estimate of drug-likeness (QED) is 0.904. The van der Waals surface area contributed by atoms with Gasteiger partial charge in [0.25, 0.3) is 0 Å². The number of nitrogens with zero attached hydrogens (tertiary/aromatic N) is 1. The number of benzene rings is 1. The molecule has 1 N–H and O–H groups in total. The largest absolute Gasteiger partial charge is 0.497 e. The van der Waals surface area contributed by atoms with E-state index < -0.39 is 11.6 Å². The van der Waals surface area contributed by atoms with Crippen LogP contribution in [0.1, 0.15) is 31.9 Å². The molecule has 0 spiro atoms. The summed E-state index contributed by atoms with van der Waals surface area (Å²) in [5.41, 5.74) is 0.173. The first-order valence-corrected chi connectivity index (χ1v) is 7.50. The molecule has 1 aliphatic heterocycles. The minimum Gasteiger partial charge on any atom is -0.497 e. The highest BCUT2D eigenvalue weighted by molar-refractivity contribution is 5.32. The SMILES string of the molecule is COc1cc(F)c([C@H](CC(C)C)N2CCNCC2)c(F)c1. The van der Waals surface area contributed by atoms with E-state index in [0.29, 0.717) is 5.92 Å². The molecule has 21 heavy (non-hydrogen) atoms. The van der Waals surface area contributed by atoms with Crippen molar-refractivity contribution in [2.24, 2.45) is 5.92 Å². The van der Waals surface area contributed by atoms with Gasteiger partial charge in [-0.25, -0.2) is 8.78 Å². The van der Waals surface area contributed by atoms with Gasteiger partial charge in [0.05, 0.1) is 7.11 Å². The minimum absolute atomic E-state index is 0.173. The molecule has 1 aromatic rings. The molecule has 118 valence electrons. The average molecular weight is 298 g/mol. The van der Waals surface area contributed by atoms with Gasteiger partial charge in [-0.15, -0.1) is 0 Å². The van der Waals surface area contributed by atoms with E-state index in [0.717, 1.165) is 32.6 Å². The maximum Gasteiger partial charge on any atom is 0.134 e. The lowest BCUT2D eigenvalue weighted by Gasteiger charge is -2.36. The number of methoxy groups -OCH3 is 1. The first-order chi connectivity index (χ1) is 10.0. The van der Waals surface area contributed by atoms with Gasteiger partial charge in [-0.3, -0.25) is 4.90 Å². The van der Waals surface area contributed by atoms with Gasteiger partial charge in [0.2, 0.25) is 0 Å². The standard InChI is InChI=1S/C16H24F2N2O/c1-11(2)8-15(20-6-4-19-5-7-20)16-13(17)9-12(21-3)10-14(16)18/h9-11,15,19H,4-8H2,1-3H3/t15-/m0/s1.